The van der Waals surface area contributed by atoms with Crippen molar-refractivity contribution in [3.63, 3.8) is 0 Å². The fourth-order valence-electron chi connectivity index (χ4n) is 3.98. The van der Waals surface area contributed by atoms with E-state index in [1.54, 1.807) is 14.2 Å². The molecule has 25 heavy (non-hydrogen) atoms. The van der Waals surface area contributed by atoms with Crippen LogP contribution in [0.2, 0.25) is 0 Å². The predicted molar refractivity (Wildman–Crippen MR) is 101 cm³/mol. The summed E-state index contributed by atoms with van der Waals surface area (Å²) in [6.07, 6.45) is 4.20. The molecule has 0 unspecified atom stereocenters. The Kier molecular flexibility index (Phi) is 7.15. The first kappa shape index (κ1) is 19.6. The summed E-state index contributed by atoms with van der Waals surface area (Å²) in [5.41, 5.74) is 1.11. The largest absolute Gasteiger partial charge is 0.497 e. The standard InChI is InChI=1S/C21H33NO3/c1-14(2)19-7-6-15(3)10-20(19)21(23)22-9-8-16-11-17(24-4)13-18(12-16)25-5/h11-15,19-20H,6-10H2,1-5H3,(H,22,23)/t15-,19+,20-/m1/s1. The fraction of sp³-hybridized carbons (Fsp3) is 0.667. The van der Waals surface area contributed by atoms with Crippen molar-refractivity contribution in [2.45, 2.75) is 46.5 Å². The maximum Gasteiger partial charge on any atom is 0.223 e. The van der Waals surface area contributed by atoms with Crippen LogP contribution in [0, 0.1) is 23.7 Å². The summed E-state index contributed by atoms with van der Waals surface area (Å²) in [5.74, 6) is 3.65. The van der Waals surface area contributed by atoms with Crippen LogP contribution in [0.25, 0.3) is 0 Å². The van der Waals surface area contributed by atoms with E-state index in [1.165, 1.54) is 12.8 Å². The van der Waals surface area contributed by atoms with E-state index in [0.717, 1.165) is 29.9 Å². The van der Waals surface area contributed by atoms with Crippen LogP contribution < -0.4 is 14.8 Å². The van der Waals surface area contributed by atoms with Crippen molar-refractivity contribution in [2.75, 3.05) is 20.8 Å². The molecule has 0 aliphatic heterocycles. The Labute approximate surface area is 152 Å². The number of benzene rings is 1. The van der Waals surface area contributed by atoms with E-state index in [1.807, 2.05) is 18.2 Å². The van der Waals surface area contributed by atoms with Gasteiger partial charge in [-0.2, -0.15) is 0 Å². The molecule has 0 heterocycles. The average molecular weight is 347 g/mol. The third-order valence-electron chi connectivity index (χ3n) is 5.48. The van der Waals surface area contributed by atoms with Crippen LogP contribution in [0.5, 0.6) is 11.5 Å². The van der Waals surface area contributed by atoms with Gasteiger partial charge >= 0.3 is 0 Å². The molecule has 0 bridgehead atoms. The van der Waals surface area contributed by atoms with Gasteiger partial charge in [-0.1, -0.05) is 27.2 Å². The van der Waals surface area contributed by atoms with Crippen LogP contribution in [0.1, 0.15) is 45.6 Å². The molecule has 0 spiro atoms. The number of methoxy groups -OCH3 is 2. The lowest BCUT2D eigenvalue weighted by molar-refractivity contribution is -0.129. The van der Waals surface area contributed by atoms with E-state index in [0.29, 0.717) is 24.3 Å². The highest BCUT2D eigenvalue weighted by molar-refractivity contribution is 5.79. The minimum atomic E-state index is 0.156. The number of hydrogen-bond donors (Lipinski definition) is 1. The summed E-state index contributed by atoms with van der Waals surface area (Å²) in [5, 5.41) is 3.16. The number of carbonyl (C=O) groups is 1. The number of carbonyl (C=O) groups excluding carboxylic acids is 1. The van der Waals surface area contributed by atoms with Crippen molar-refractivity contribution in [3.05, 3.63) is 23.8 Å². The first-order valence-corrected chi connectivity index (χ1v) is 9.44. The molecule has 0 aromatic heterocycles. The van der Waals surface area contributed by atoms with Crippen LogP contribution >= 0.6 is 0 Å². The van der Waals surface area contributed by atoms with Gasteiger partial charge in [0, 0.05) is 18.5 Å². The van der Waals surface area contributed by atoms with E-state index in [2.05, 4.69) is 26.1 Å². The summed E-state index contributed by atoms with van der Waals surface area (Å²) >= 11 is 0. The van der Waals surface area contributed by atoms with Gasteiger partial charge in [-0.05, 0) is 54.7 Å². The Morgan fingerprint density at radius 1 is 1.16 bits per heavy atom. The highest BCUT2D eigenvalue weighted by atomic mass is 16.5. The zero-order valence-electron chi connectivity index (χ0n) is 16.3. The summed E-state index contributed by atoms with van der Waals surface area (Å²) in [6, 6.07) is 5.85. The van der Waals surface area contributed by atoms with Crippen LogP contribution in [0.15, 0.2) is 18.2 Å². The molecular weight excluding hydrogens is 314 g/mol. The Balaban J connectivity index is 1.93. The molecule has 1 aliphatic carbocycles. The predicted octanol–water partition coefficient (Wildman–Crippen LogP) is 4.07. The van der Waals surface area contributed by atoms with E-state index in [-0.39, 0.29) is 11.8 Å². The second-order valence-electron chi connectivity index (χ2n) is 7.69. The van der Waals surface area contributed by atoms with E-state index in [9.17, 15) is 4.79 Å². The van der Waals surface area contributed by atoms with Gasteiger partial charge in [0.25, 0.3) is 0 Å². The molecule has 4 heteroatoms. The highest BCUT2D eigenvalue weighted by Crippen LogP contribution is 2.38. The maximum absolute atomic E-state index is 12.7. The van der Waals surface area contributed by atoms with Crippen molar-refractivity contribution in [1.29, 1.82) is 0 Å². The molecule has 1 aromatic rings. The number of rotatable bonds is 7. The minimum Gasteiger partial charge on any atom is -0.497 e. The Morgan fingerprint density at radius 3 is 2.36 bits per heavy atom. The molecule has 0 saturated heterocycles. The number of hydrogen-bond acceptors (Lipinski definition) is 3. The first-order chi connectivity index (χ1) is 11.9. The van der Waals surface area contributed by atoms with Gasteiger partial charge in [0.15, 0.2) is 0 Å². The molecule has 1 aliphatic rings. The number of amides is 1. The summed E-state index contributed by atoms with van der Waals surface area (Å²) < 4.78 is 10.6. The molecule has 3 atom stereocenters. The first-order valence-electron chi connectivity index (χ1n) is 9.44. The molecule has 1 saturated carbocycles. The minimum absolute atomic E-state index is 0.156. The topological polar surface area (TPSA) is 47.6 Å². The Morgan fingerprint density at radius 2 is 1.80 bits per heavy atom. The molecule has 4 nitrogen and oxygen atoms in total. The highest BCUT2D eigenvalue weighted by Gasteiger charge is 2.35. The van der Waals surface area contributed by atoms with E-state index >= 15 is 0 Å². The smallest absolute Gasteiger partial charge is 0.223 e. The second-order valence-corrected chi connectivity index (χ2v) is 7.69. The van der Waals surface area contributed by atoms with Crippen LogP contribution in [0.3, 0.4) is 0 Å². The third-order valence-corrected chi connectivity index (χ3v) is 5.48. The van der Waals surface area contributed by atoms with Gasteiger partial charge in [-0.3, -0.25) is 4.79 Å². The molecular formula is C21H33NO3. The molecule has 2 rings (SSSR count). The Bertz CT molecular complexity index is 548. The van der Waals surface area contributed by atoms with Crippen molar-refractivity contribution >= 4 is 5.91 Å². The van der Waals surface area contributed by atoms with Gasteiger partial charge in [0.05, 0.1) is 14.2 Å². The number of ether oxygens (including phenoxy) is 2. The van der Waals surface area contributed by atoms with E-state index in [4.69, 9.17) is 9.47 Å². The lowest BCUT2D eigenvalue weighted by Crippen LogP contribution is -2.40. The number of nitrogens with one attached hydrogen (secondary N) is 1. The summed E-state index contributed by atoms with van der Waals surface area (Å²) in [6.45, 7) is 7.39. The van der Waals surface area contributed by atoms with Gasteiger partial charge in [-0.25, -0.2) is 0 Å². The molecule has 0 radical (unpaired) electrons. The third kappa shape index (κ3) is 5.38. The molecule has 1 fully saturated rings. The van der Waals surface area contributed by atoms with E-state index < -0.39 is 0 Å². The van der Waals surface area contributed by atoms with Crippen LogP contribution in [0.4, 0.5) is 0 Å². The molecule has 1 amide bonds. The zero-order valence-corrected chi connectivity index (χ0v) is 16.3. The lowest BCUT2D eigenvalue weighted by Gasteiger charge is -2.36. The lowest BCUT2D eigenvalue weighted by atomic mass is 9.70. The molecule has 140 valence electrons. The zero-order chi connectivity index (χ0) is 18.4. The van der Waals surface area contributed by atoms with Crippen molar-refractivity contribution in [3.8, 4) is 11.5 Å². The fourth-order valence-corrected chi connectivity index (χ4v) is 3.98. The van der Waals surface area contributed by atoms with Crippen molar-refractivity contribution < 1.29 is 14.3 Å². The van der Waals surface area contributed by atoms with Gasteiger partial charge < -0.3 is 14.8 Å². The van der Waals surface area contributed by atoms with Gasteiger partial charge in [-0.15, -0.1) is 0 Å². The van der Waals surface area contributed by atoms with Crippen LogP contribution in [-0.4, -0.2) is 26.7 Å². The molecule has 1 N–H and O–H groups in total. The quantitative estimate of drug-likeness (QED) is 0.809. The van der Waals surface area contributed by atoms with Gasteiger partial charge in [0.2, 0.25) is 5.91 Å². The summed E-state index contributed by atoms with van der Waals surface area (Å²) in [4.78, 5) is 12.7. The molecule has 1 aromatic carbocycles. The average Bonchev–Trinajstić information content (AvgIpc) is 2.60. The SMILES string of the molecule is COc1cc(CCNC(=O)[C@@H]2C[C@H](C)CC[C@H]2C(C)C)cc(OC)c1. The Hall–Kier alpha value is -1.71. The summed E-state index contributed by atoms with van der Waals surface area (Å²) in [7, 11) is 3.30. The van der Waals surface area contributed by atoms with Gasteiger partial charge in [0.1, 0.15) is 11.5 Å². The monoisotopic (exact) mass is 347 g/mol. The maximum atomic E-state index is 12.7. The second kappa shape index (κ2) is 9.12. The van der Waals surface area contributed by atoms with Crippen LogP contribution in [-0.2, 0) is 11.2 Å². The van der Waals surface area contributed by atoms with Crippen molar-refractivity contribution in [2.24, 2.45) is 23.7 Å². The van der Waals surface area contributed by atoms with Crippen molar-refractivity contribution in [1.82, 2.24) is 5.32 Å². The normalized spacial score (nSPS) is 23.4.